The summed E-state index contributed by atoms with van der Waals surface area (Å²) in [5, 5.41) is 0. The second kappa shape index (κ2) is 7.73. The van der Waals surface area contributed by atoms with E-state index in [0.29, 0.717) is 17.2 Å². The number of ether oxygens (including phenoxy) is 1. The van der Waals surface area contributed by atoms with Crippen LogP contribution in [0, 0.1) is 5.92 Å². The molecule has 0 aliphatic rings. The fourth-order valence-corrected chi connectivity index (χ4v) is 3.85. The van der Waals surface area contributed by atoms with E-state index in [1.165, 1.54) is 7.11 Å². The van der Waals surface area contributed by atoms with Gasteiger partial charge in [-0.2, -0.15) is 4.72 Å². The minimum atomic E-state index is -3.67. The van der Waals surface area contributed by atoms with Gasteiger partial charge in [-0.3, -0.25) is 0 Å². The van der Waals surface area contributed by atoms with Crippen LogP contribution in [0.3, 0.4) is 0 Å². The molecule has 0 amide bonds. The number of hydrogen-bond donors (Lipinski definition) is 1. The van der Waals surface area contributed by atoms with Crippen molar-refractivity contribution in [1.29, 1.82) is 0 Å². The number of benzene rings is 2. The van der Waals surface area contributed by atoms with Crippen LogP contribution in [0.15, 0.2) is 59.5 Å². The minimum Gasteiger partial charge on any atom is -0.361 e. The summed E-state index contributed by atoms with van der Waals surface area (Å²) >= 11 is 0. The summed E-state index contributed by atoms with van der Waals surface area (Å²) < 4.78 is 33.5. The van der Waals surface area contributed by atoms with Gasteiger partial charge in [0.25, 0.3) is 0 Å². The highest BCUT2D eigenvalue weighted by atomic mass is 32.2. The van der Waals surface area contributed by atoms with Gasteiger partial charge in [0.2, 0.25) is 10.0 Å². The average molecular weight is 333 g/mol. The van der Waals surface area contributed by atoms with Gasteiger partial charge in [-0.25, -0.2) is 8.42 Å². The molecule has 1 unspecified atom stereocenters. The van der Waals surface area contributed by atoms with Crippen molar-refractivity contribution in [3.8, 4) is 0 Å². The van der Waals surface area contributed by atoms with Gasteiger partial charge in [0.1, 0.15) is 6.23 Å². The van der Waals surface area contributed by atoms with Crippen molar-refractivity contribution in [1.82, 2.24) is 4.72 Å². The highest BCUT2D eigenvalue weighted by Gasteiger charge is 2.23. The number of rotatable bonds is 7. The predicted octanol–water partition coefficient (Wildman–Crippen LogP) is 3.51. The lowest BCUT2D eigenvalue weighted by Gasteiger charge is -2.19. The number of sulfonamides is 1. The van der Waals surface area contributed by atoms with E-state index < -0.39 is 16.3 Å². The maximum atomic E-state index is 12.8. The fourth-order valence-electron chi connectivity index (χ4n) is 2.46. The lowest BCUT2D eigenvalue weighted by atomic mass is 10.0. The minimum absolute atomic E-state index is 0.312. The normalized spacial score (nSPS) is 13.2. The zero-order valence-corrected chi connectivity index (χ0v) is 14.5. The molecule has 5 heteroatoms. The standard InChI is InChI=1S/C18H23NO3S/c1-14(2)13-16-11-7-8-12-17(16)23(20,21)19-18(22-3)15-9-5-4-6-10-15/h4-12,14,18-19H,13H2,1-3H3. The van der Waals surface area contributed by atoms with E-state index in [-0.39, 0.29) is 0 Å². The van der Waals surface area contributed by atoms with Crippen LogP contribution in [0.5, 0.6) is 0 Å². The highest BCUT2D eigenvalue weighted by Crippen LogP contribution is 2.22. The molecule has 0 spiro atoms. The first-order chi connectivity index (χ1) is 10.9. The summed E-state index contributed by atoms with van der Waals surface area (Å²) in [5.41, 5.74) is 1.58. The fraction of sp³-hybridized carbons (Fsp3) is 0.333. The molecule has 124 valence electrons. The zero-order chi connectivity index (χ0) is 16.9. The topological polar surface area (TPSA) is 55.4 Å². The molecule has 0 saturated carbocycles. The average Bonchev–Trinajstić information content (AvgIpc) is 2.53. The Bertz CT molecular complexity index is 727. The van der Waals surface area contributed by atoms with E-state index >= 15 is 0 Å². The van der Waals surface area contributed by atoms with E-state index in [1.807, 2.05) is 42.5 Å². The molecule has 23 heavy (non-hydrogen) atoms. The SMILES string of the molecule is COC(NS(=O)(=O)c1ccccc1CC(C)C)c1ccccc1. The van der Waals surface area contributed by atoms with Crippen molar-refractivity contribution >= 4 is 10.0 Å². The van der Waals surface area contributed by atoms with Gasteiger partial charge in [-0.05, 0) is 29.5 Å². The van der Waals surface area contributed by atoms with Crippen LogP contribution in [0.1, 0.15) is 31.2 Å². The quantitative estimate of drug-likeness (QED) is 0.789. The third-order valence-electron chi connectivity index (χ3n) is 3.49. The van der Waals surface area contributed by atoms with Crippen LogP contribution in [-0.2, 0) is 21.2 Å². The Labute approximate surface area is 138 Å². The summed E-state index contributed by atoms with van der Waals surface area (Å²) in [4.78, 5) is 0.312. The summed E-state index contributed by atoms with van der Waals surface area (Å²) in [6, 6.07) is 16.3. The van der Waals surface area contributed by atoms with Crippen molar-refractivity contribution in [2.75, 3.05) is 7.11 Å². The molecule has 0 fully saturated rings. The zero-order valence-electron chi connectivity index (χ0n) is 13.7. The maximum Gasteiger partial charge on any atom is 0.243 e. The maximum absolute atomic E-state index is 12.8. The molecule has 0 aliphatic heterocycles. The van der Waals surface area contributed by atoms with Gasteiger partial charge in [0.05, 0.1) is 4.90 Å². The largest absolute Gasteiger partial charge is 0.361 e. The van der Waals surface area contributed by atoms with Gasteiger partial charge >= 0.3 is 0 Å². The van der Waals surface area contributed by atoms with Gasteiger partial charge in [-0.1, -0.05) is 62.4 Å². The second-order valence-corrected chi connectivity index (χ2v) is 7.54. The Morgan fingerprint density at radius 3 is 2.22 bits per heavy atom. The summed E-state index contributed by atoms with van der Waals surface area (Å²) in [5.74, 6) is 0.374. The van der Waals surface area contributed by atoms with E-state index in [2.05, 4.69) is 18.6 Å². The number of methoxy groups -OCH3 is 1. The van der Waals surface area contributed by atoms with Crippen LogP contribution in [0.2, 0.25) is 0 Å². The summed E-state index contributed by atoms with van der Waals surface area (Å²) in [6.07, 6.45) is -0.00613. The molecular formula is C18H23NO3S. The molecule has 4 nitrogen and oxygen atoms in total. The third-order valence-corrected chi connectivity index (χ3v) is 4.99. The first-order valence-corrected chi connectivity index (χ1v) is 9.10. The summed E-state index contributed by atoms with van der Waals surface area (Å²) in [6.45, 7) is 4.14. The first kappa shape index (κ1) is 17.7. The third kappa shape index (κ3) is 4.64. The Morgan fingerprint density at radius 2 is 1.61 bits per heavy atom. The Kier molecular flexibility index (Phi) is 5.93. The molecule has 0 aromatic heterocycles. The molecule has 0 bridgehead atoms. The van der Waals surface area contributed by atoms with Gasteiger partial charge in [-0.15, -0.1) is 0 Å². The highest BCUT2D eigenvalue weighted by molar-refractivity contribution is 7.89. The molecule has 1 atom stereocenters. The molecule has 0 saturated heterocycles. The molecule has 2 aromatic rings. The Morgan fingerprint density at radius 1 is 1.00 bits per heavy atom. The van der Waals surface area contributed by atoms with Gasteiger partial charge in [0.15, 0.2) is 0 Å². The van der Waals surface area contributed by atoms with E-state index in [4.69, 9.17) is 4.74 Å². The molecular weight excluding hydrogens is 310 g/mol. The first-order valence-electron chi connectivity index (χ1n) is 7.62. The Balaban J connectivity index is 2.32. The Hall–Kier alpha value is -1.69. The van der Waals surface area contributed by atoms with Crippen molar-refractivity contribution in [2.45, 2.75) is 31.4 Å². The van der Waals surface area contributed by atoms with E-state index in [1.54, 1.807) is 12.1 Å². The molecule has 0 aliphatic carbocycles. The van der Waals surface area contributed by atoms with Gasteiger partial charge in [0, 0.05) is 7.11 Å². The van der Waals surface area contributed by atoms with Crippen molar-refractivity contribution in [2.24, 2.45) is 5.92 Å². The number of nitrogens with one attached hydrogen (secondary N) is 1. The van der Waals surface area contributed by atoms with Crippen molar-refractivity contribution < 1.29 is 13.2 Å². The molecule has 0 heterocycles. The van der Waals surface area contributed by atoms with Gasteiger partial charge < -0.3 is 4.74 Å². The van der Waals surface area contributed by atoms with Crippen LogP contribution < -0.4 is 4.72 Å². The lowest BCUT2D eigenvalue weighted by molar-refractivity contribution is 0.0941. The predicted molar refractivity (Wildman–Crippen MR) is 91.5 cm³/mol. The van der Waals surface area contributed by atoms with Crippen molar-refractivity contribution in [3.63, 3.8) is 0 Å². The van der Waals surface area contributed by atoms with Crippen LogP contribution in [0.25, 0.3) is 0 Å². The monoisotopic (exact) mass is 333 g/mol. The van der Waals surface area contributed by atoms with Crippen LogP contribution in [-0.4, -0.2) is 15.5 Å². The van der Waals surface area contributed by atoms with E-state index in [0.717, 1.165) is 11.1 Å². The lowest BCUT2D eigenvalue weighted by Crippen LogP contribution is -2.30. The second-order valence-electron chi connectivity index (χ2n) is 5.85. The molecule has 2 rings (SSSR count). The van der Waals surface area contributed by atoms with E-state index in [9.17, 15) is 8.42 Å². The smallest absolute Gasteiger partial charge is 0.243 e. The number of hydrogen-bond acceptors (Lipinski definition) is 3. The molecule has 1 N–H and O–H groups in total. The van der Waals surface area contributed by atoms with Crippen molar-refractivity contribution in [3.05, 3.63) is 65.7 Å². The van der Waals surface area contributed by atoms with Crippen LogP contribution >= 0.6 is 0 Å². The van der Waals surface area contributed by atoms with Crippen LogP contribution in [0.4, 0.5) is 0 Å². The molecule has 0 radical (unpaired) electrons. The molecule has 2 aromatic carbocycles. The summed E-state index contributed by atoms with van der Waals surface area (Å²) in [7, 11) is -2.18.